The first-order chi connectivity index (χ1) is 14.7. The highest BCUT2D eigenvalue weighted by atomic mass is 127. The molecule has 1 atom stereocenters. The Kier molecular flexibility index (Phi) is 10.9. The van der Waals surface area contributed by atoms with Crippen molar-refractivity contribution in [1.82, 2.24) is 15.5 Å². The minimum absolute atomic E-state index is 0. The van der Waals surface area contributed by atoms with Gasteiger partial charge in [-0.1, -0.05) is 42.5 Å². The van der Waals surface area contributed by atoms with Gasteiger partial charge in [-0.2, -0.15) is 0 Å². The van der Waals surface area contributed by atoms with Gasteiger partial charge in [-0.05, 0) is 37.5 Å². The lowest BCUT2D eigenvalue weighted by atomic mass is 10.0. The molecule has 0 saturated carbocycles. The molecule has 1 saturated heterocycles. The molecule has 0 radical (unpaired) electrons. The van der Waals surface area contributed by atoms with Crippen LogP contribution in [0, 0.1) is 0 Å². The molecule has 3 rings (SSSR count). The highest BCUT2D eigenvalue weighted by molar-refractivity contribution is 14.0. The average molecular weight is 538 g/mol. The highest BCUT2D eigenvalue weighted by Crippen LogP contribution is 2.26. The van der Waals surface area contributed by atoms with Gasteiger partial charge >= 0.3 is 0 Å². The molecule has 1 unspecified atom stereocenters. The fourth-order valence-electron chi connectivity index (χ4n) is 3.68. The fourth-order valence-corrected chi connectivity index (χ4v) is 3.68. The first-order valence-electron chi connectivity index (χ1n) is 10.7. The zero-order chi connectivity index (χ0) is 21.2. The summed E-state index contributed by atoms with van der Waals surface area (Å²) in [5.74, 6) is 2.32. The number of rotatable bonds is 8. The second-order valence-corrected chi connectivity index (χ2v) is 7.71. The van der Waals surface area contributed by atoms with Gasteiger partial charge in [0.15, 0.2) is 17.5 Å². The molecule has 2 aromatic rings. The molecular formula is C24H35IN4O2. The molecule has 1 aliphatic heterocycles. The molecule has 0 amide bonds. The van der Waals surface area contributed by atoms with E-state index in [1.165, 1.54) is 5.56 Å². The number of guanidine groups is 1. The molecule has 1 fully saturated rings. The number of piperidine rings is 1. The number of methoxy groups -OCH3 is 1. The number of ether oxygens (including phenoxy) is 2. The first-order valence-corrected chi connectivity index (χ1v) is 10.7. The standard InChI is InChI=1S/C24H34N4O2.HI/c1-19(30-23-12-8-7-11-22(23)29-3)17-26-24(25-2)27-21-13-15-28(16-14-21)18-20-9-5-4-6-10-20;/h4-12,19,21H,13-18H2,1-3H3,(H2,25,26,27);1H. The van der Waals surface area contributed by atoms with E-state index in [2.05, 4.69) is 50.9 Å². The smallest absolute Gasteiger partial charge is 0.191 e. The predicted molar refractivity (Wildman–Crippen MR) is 138 cm³/mol. The third-order valence-corrected chi connectivity index (χ3v) is 5.36. The van der Waals surface area contributed by atoms with Crippen LogP contribution in [0.1, 0.15) is 25.3 Å². The van der Waals surface area contributed by atoms with Crippen LogP contribution < -0.4 is 20.1 Å². The van der Waals surface area contributed by atoms with Crippen molar-refractivity contribution >= 4 is 29.9 Å². The SMILES string of the molecule is CN=C(NCC(C)Oc1ccccc1OC)NC1CCN(Cc2ccccc2)CC1.I. The fraction of sp³-hybridized carbons (Fsp3) is 0.458. The number of benzene rings is 2. The summed E-state index contributed by atoms with van der Waals surface area (Å²) in [6.07, 6.45) is 2.20. The maximum absolute atomic E-state index is 6.01. The lowest BCUT2D eigenvalue weighted by molar-refractivity contribution is 0.197. The van der Waals surface area contributed by atoms with Crippen LogP contribution in [0.3, 0.4) is 0 Å². The maximum atomic E-state index is 6.01. The van der Waals surface area contributed by atoms with Crippen molar-refractivity contribution in [3.8, 4) is 11.5 Å². The Labute approximate surface area is 203 Å². The molecule has 2 N–H and O–H groups in total. The van der Waals surface area contributed by atoms with Crippen LogP contribution in [-0.4, -0.2) is 56.8 Å². The van der Waals surface area contributed by atoms with Gasteiger partial charge in [0.25, 0.3) is 0 Å². The Morgan fingerprint density at radius 2 is 1.71 bits per heavy atom. The van der Waals surface area contributed by atoms with Crippen molar-refractivity contribution in [3.63, 3.8) is 0 Å². The summed E-state index contributed by atoms with van der Waals surface area (Å²) >= 11 is 0. The van der Waals surface area contributed by atoms with Crippen LogP contribution in [-0.2, 0) is 6.54 Å². The first kappa shape index (κ1) is 25.3. The summed E-state index contributed by atoms with van der Waals surface area (Å²) in [6.45, 7) is 5.91. The Bertz CT molecular complexity index is 795. The van der Waals surface area contributed by atoms with Crippen LogP contribution in [0.5, 0.6) is 11.5 Å². The number of nitrogens with one attached hydrogen (secondary N) is 2. The highest BCUT2D eigenvalue weighted by Gasteiger charge is 2.20. The lowest BCUT2D eigenvalue weighted by Gasteiger charge is -2.33. The van der Waals surface area contributed by atoms with E-state index in [0.717, 1.165) is 49.9 Å². The zero-order valence-electron chi connectivity index (χ0n) is 18.7. The lowest BCUT2D eigenvalue weighted by Crippen LogP contribution is -2.49. The number of halogens is 1. The number of para-hydroxylation sites is 2. The van der Waals surface area contributed by atoms with Gasteiger partial charge in [-0.15, -0.1) is 24.0 Å². The van der Waals surface area contributed by atoms with Crippen molar-refractivity contribution in [2.45, 2.75) is 38.5 Å². The van der Waals surface area contributed by atoms with Crippen LogP contribution >= 0.6 is 24.0 Å². The minimum Gasteiger partial charge on any atom is -0.493 e. The summed E-state index contributed by atoms with van der Waals surface area (Å²) in [7, 11) is 3.47. The molecule has 7 heteroatoms. The van der Waals surface area contributed by atoms with Crippen LogP contribution in [0.15, 0.2) is 59.6 Å². The van der Waals surface area contributed by atoms with Gasteiger partial charge in [0, 0.05) is 32.7 Å². The third kappa shape index (κ3) is 8.22. The summed E-state index contributed by atoms with van der Waals surface area (Å²) in [6, 6.07) is 18.8. The molecule has 1 heterocycles. The molecule has 1 aliphatic rings. The van der Waals surface area contributed by atoms with Crippen LogP contribution in [0.25, 0.3) is 0 Å². The second kappa shape index (κ2) is 13.4. The van der Waals surface area contributed by atoms with Crippen molar-refractivity contribution in [3.05, 3.63) is 60.2 Å². The number of aliphatic imine (C=N–C) groups is 1. The Morgan fingerprint density at radius 3 is 2.35 bits per heavy atom. The quantitative estimate of drug-likeness (QED) is 0.303. The summed E-state index contributed by atoms with van der Waals surface area (Å²) in [4.78, 5) is 6.90. The molecule has 0 aliphatic carbocycles. The van der Waals surface area contributed by atoms with Gasteiger partial charge in [0.2, 0.25) is 0 Å². The maximum Gasteiger partial charge on any atom is 0.191 e. The van der Waals surface area contributed by atoms with E-state index in [-0.39, 0.29) is 30.1 Å². The van der Waals surface area contributed by atoms with E-state index >= 15 is 0 Å². The molecule has 31 heavy (non-hydrogen) atoms. The van der Waals surface area contributed by atoms with E-state index in [1.807, 2.05) is 38.2 Å². The number of nitrogens with zero attached hydrogens (tertiary/aromatic N) is 2. The largest absolute Gasteiger partial charge is 0.493 e. The predicted octanol–water partition coefficient (Wildman–Crippen LogP) is 3.91. The van der Waals surface area contributed by atoms with Gasteiger partial charge in [-0.3, -0.25) is 9.89 Å². The van der Waals surface area contributed by atoms with Crippen molar-refractivity contribution in [2.24, 2.45) is 4.99 Å². The van der Waals surface area contributed by atoms with Crippen molar-refractivity contribution in [1.29, 1.82) is 0 Å². The second-order valence-electron chi connectivity index (χ2n) is 7.71. The van der Waals surface area contributed by atoms with Crippen LogP contribution in [0.4, 0.5) is 0 Å². The van der Waals surface area contributed by atoms with Crippen molar-refractivity contribution in [2.75, 3.05) is 33.8 Å². The van der Waals surface area contributed by atoms with Gasteiger partial charge in [0.1, 0.15) is 6.10 Å². The molecule has 0 spiro atoms. The number of likely N-dealkylation sites (tertiary alicyclic amines) is 1. The van der Waals surface area contributed by atoms with E-state index in [9.17, 15) is 0 Å². The molecule has 2 aromatic carbocycles. The summed E-state index contributed by atoms with van der Waals surface area (Å²) in [5.41, 5.74) is 1.38. The number of hydrogen-bond acceptors (Lipinski definition) is 4. The molecule has 0 bridgehead atoms. The normalized spacial score (nSPS) is 16.2. The zero-order valence-corrected chi connectivity index (χ0v) is 21.0. The minimum atomic E-state index is -0.0208. The van der Waals surface area contributed by atoms with Crippen LogP contribution in [0.2, 0.25) is 0 Å². The molecule has 6 nitrogen and oxygen atoms in total. The topological polar surface area (TPSA) is 58.1 Å². The Hall–Kier alpha value is -2.00. The van der Waals surface area contributed by atoms with E-state index < -0.39 is 0 Å². The molecule has 0 aromatic heterocycles. The van der Waals surface area contributed by atoms with Gasteiger partial charge in [-0.25, -0.2) is 0 Å². The van der Waals surface area contributed by atoms with Gasteiger partial charge in [0.05, 0.1) is 13.7 Å². The summed E-state index contributed by atoms with van der Waals surface area (Å²) < 4.78 is 11.4. The van der Waals surface area contributed by atoms with E-state index in [1.54, 1.807) is 7.11 Å². The Morgan fingerprint density at radius 1 is 1.06 bits per heavy atom. The summed E-state index contributed by atoms with van der Waals surface area (Å²) in [5, 5.41) is 6.95. The van der Waals surface area contributed by atoms with E-state index in [0.29, 0.717) is 12.6 Å². The Balaban J connectivity index is 0.00000341. The average Bonchev–Trinajstić information content (AvgIpc) is 2.79. The van der Waals surface area contributed by atoms with Gasteiger partial charge < -0.3 is 20.1 Å². The molecule has 170 valence electrons. The van der Waals surface area contributed by atoms with Crippen molar-refractivity contribution < 1.29 is 9.47 Å². The number of hydrogen-bond donors (Lipinski definition) is 2. The third-order valence-electron chi connectivity index (χ3n) is 5.36. The monoisotopic (exact) mass is 538 g/mol. The molecular weight excluding hydrogens is 503 g/mol. The van der Waals surface area contributed by atoms with E-state index in [4.69, 9.17) is 9.47 Å².